The second kappa shape index (κ2) is 11.3. The number of hydrogen-bond donors (Lipinski definition) is 2. The lowest BCUT2D eigenvalue weighted by molar-refractivity contribution is -0.119. The summed E-state index contributed by atoms with van der Waals surface area (Å²) in [7, 11) is 1.59. The van der Waals surface area contributed by atoms with E-state index < -0.39 is 0 Å². The van der Waals surface area contributed by atoms with Gasteiger partial charge in [-0.05, 0) is 48.7 Å². The van der Waals surface area contributed by atoms with Gasteiger partial charge < -0.3 is 19.9 Å². The number of rotatable bonds is 10. The predicted molar refractivity (Wildman–Crippen MR) is 121 cm³/mol. The summed E-state index contributed by atoms with van der Waals surface area (Å²) in [5, 5.41) is 9.32. The standard InChI is InChI=1S/C23H24FN3O4S/c1-15-11-21(27-31-15)26-23(29)14-32-13-22(28)25-20(12-16-3-7-18(24)8-4-16)17-5-9-19(30-2)10-6-17/h3-11,20H,12-14H2,1-2H3,(H,25,28)(H,26,27,29). The number of nitrogens with zero attached hydrogens (tertiary/aromatic N) is 1. The second-order valence-corrected chi connectivity index (χ2v) is 8.07. The molecular formula is C23H24FN3O4S. The number of nitrogens with one attached hydrogen (secondary N) is 2. The SMILES string of the molecule is COc1ccc(C(Cc2ccc(F)cc2)NC(=O)CSCC(=O)Nc2cc(C)on2)cc1. The summed E-state index contributed by atoms with van der Waals surface area (Å²) in [6, 6.07) is 14.9. The molecule has 0 spiro atoms. The highest BCUT2D eigenvalue weighted by atomic mass is 32.2. The van der Waals surface area contributed by atoms with Gasteiger partial charge >= 0.3 is 0 Å². The van der Waals surface area contributed by atoms with Gasteiger partial charge in [0.1, 0.15) is 17.3 Å². The van der Waals surface area contributed by atoms with E-state index in [0.29, 0.717) is 23.7 Å². The molecule has 0 saturated heterocycles. The number of hydrogen-bond acceptors (Lipinski definition) is 6. The van der Waals surface area contributed by atoms with Crippen molar-refractivity contribution in [2.24, 2.45) is 0 Å². The molecule has 0 radical (unpaired) electrons. The number of anilines is 1. The maximum absolute atomic E-state index is 13.3. The fraction of sp³-hybridized carbons (Fsp3) is 0.261. The average molecular weight is 458 g/mol. The highest BCUT2D eigenvalue weighted by Gasteiger charge is 2.16. The van der Waals surface area contributed by atoms with Gasteiger partial charge in [-0.2, -0.15) is 0 Å². The third-order valence-corrected chi connectivity index (χ3v) is 5.50. The number of thioether (sulfide) groups is 1. The van der Waals surface area contributed by atoms with Gasteiger partial charge in [-0.15, -0.1) is 11.8 Å². The molecule has 32 heavy (non-hydrogen) atoms. The van der Waals surface area contributed by atoms with Gasteiger partial charge in [-0.25, -0.2) is 4.39 Å². The Morgan fingerprint density at radius 1 is 1.09 bits per heavy atom. The van der Waals surface area contributed by atoms with Crippen LogP contribution < -0.4 is 15.4 Å². The highest BCUT2D eigenvalue weighted by molar-refractivity contribution is 8.00. The van der Waals surface area contributed by atoms with Crippen LogP contribution in [0.3, 0.4) is 0 Å². The number of carbonyl (C=O) groups excluding carboxylic acids is 2. The van der Waals surface area contributed by atoms with E-state index in [9.17, 15) is 14.0 Å². The molecule has 3 rings (SSSR count). The minimum atomic E-state index is -0.314. The monoisotopic (exact) mass is 457 g/mol. The number of methoxy groups -OCH3 is 1. The van der Waals surface area contributed by atoms with E-state index in [2.05, 4.69) is 15.8 Å². The zero-order chi connectivity index (χ0) is 22.9. The molecule has 2 aromatic carbocycles. The van der Waals surface area contributed by atoms with E-state index >= 15 is 0 Å². The number of benzene rings is 2. The number of ether oxygens (including phenoxy) is 1. The minimum absolute atomic E-state index is 0.102. The van der Waals surface area contributed by atoms with E-state index in [1.54, 1.807) is 32.2 Å². The Morgan fingerprint density at radius 2 is 1.78 bits per heavy atom. The van der Waals surface area contributed by atoms with Crippen molar-refractivity contribution < 1.29 is 23.2 Å². The van der Waals surface area contributed by atoms with Crippen molar-refractivity contribution in [3.8, 4) is 5.75 Å². The average Bonchev–Trinajstić information content (AvgIpc) is 3.19. The van der Waals surface area contributed by atoms with Crippen LogP contribution in [-0.2, 0) is 16.0 Å². The molecule has 168 valence electrons. The molecule has 9 heteroatoms. The van der Waals surface area contributed by atoms with Crippen LogP contribution in [0.5, 0.6) is 5.75 Å². The number of carbonyl (C=O) groups is 2. The maximum atomic E-state index is 13.3. The molecule has 1 atom stereocenters. The summed E-state index contributed by atoms with van der Waals surface area (Å²) in [5.41, 5.74) is 1.79. The van der Waals surface area contributed by atoms with Crippen LogP contribution in [0.25, 0.3) is 0 Å². The van der Waals surface area contributed by atoms with Crippen molar-refractivity contribution in [3.05, 3.63) is 77.3 Å². The summed E-state index contributed by atoms with van der Waals surface area (Å²) < 4.78 is 23.4. The molecule has 0 saturated carbocycles. The van der Waals surface area contributed by atoms with Crippen molar-refractivity contribution in [2.45, 2.75) is 19.4 Å². The fourth-order valence-corrected chi connectivity index (χ4v) is 3.65. The van der Waals surface area contributed by atoms with Gasteiger partial charge in [0, 0.05) is 6.07 Å². The molecule has 7 nitrogen and oxygen atoms in total. The van der Waals surface area contributed by atoms with Gasteiger partial charge in [-0.1, -0.05) is 29.4 Å². The second-order valence-electron chi connectivity index (χ2n) is 7.09. The van der Waals surface area contributed by atoms with Gasteiger partial charge in [0.15, 0.2) is 5.82 Å². The zero-order valence-corrected chi connectivity index (χ0v) is 18.6. The van der Waals surface area contributed by atoms with Crippen LogP contribution in [0, 0.1) is 12.7 Å². The maximum Gasteiger partial charge on any atom is 0.235 e. The van der Waals surface area contributed by atoms with E-state index in [-0.39, 0.29) is 35.2 Å². The molecule has 0 aliphatic carbocycles. The molecule has 2 N–H and O–H groups in total. The van der Waals surface area contributed by atoms with E-state index in [4.69, 9.17) is 9.26 Å². The van der Waals surface area contributed by atoms with Crippen molar-refractivity contribution in [3.63, 3.8) is 0 Å². The lowest BCUT2D eigenvalue weighted by Crippen LogP contribution is -2.31. The highest BCUT2D eigenvalue weighted by Crippen LogP contribution is 2.22. The van der Waals surface area contributed by atoms with Crippen molar-refractivity contribution in [1.82, 2.24) is 10.5 Å². The van der Waals surface area contributed by atoms with Crippen LogP contribution in [0.15, 0.2) is 59.1 Å². The Bertz CT molecular complexity index is 1040. The lowest BCUT2D eigenvalue weighted by atomic mass is 9.98. The minimum Gasteiger partial charge on any atom is -0.497 e. The number of halogens is 1. The first kappa shape index (κ1) is 23.3. The van der Waals surface area contributed by atoms with Crippen molar-refractivity contribution in [2.75, 3.05) is 23.9 Å². The fourth-order valence-electron chi connectivity index (χ4n) is 3.02. The first-order chi connectivity index (χ1) is 15.4. The molecule has 0 fully saturated rings. The largest absolute Gasteiger partial charge is 0.497 e. The molecule has 3 aromatic rings. The first-order valence-electron chi connectivity index (χ1n) is 9.91. The number of aryl methyl sites for hydroxylation is 1. The first-order valence-corrected chi connectivity index (χ1v) is 11.1. The van der Waals surface area contributed by atoms with E-state index in [1.807, 2.05) is 24.3 Å². The Labute approximate surface area is 189 Å². The lowest BCUT2D eigenvalue weighted by Gasteiger charge is -2.20. The Balaban J connectivity index is 1.56. The summed E-state index contributed by atoms with van der Waals surface area (Å²) >= 11 is 1.19. The molecule has 1 aromatic heterocycles. The Kier molecular flexibility index (Phi) is 8.27. The van der Waals surface area contributed by atoms with Gasteiger partial charge in [0.2, 0.25) is 11.8 Å². The van der Waals surface area contributed by atoms with Crippen molar-refractivity contribution in [1.29, 1.82) is 0 Å². The van der Waals surface area contributed by atoms with Crippen LogP contribution in [-0.4, -0.2) is 35.6 Å². The number of amides is 2. The summed E-state index contributed by atoms with van der Waals surface area (Å²) in [5.74, 6) is 1.08. The quantitative estimate of drug-likeness (QED) is 0.480. The third kappa shape index (κ3) is 7.12. The third-order valence-electron chi connectivity index (χ3n) is 4.57. The topological polar surface area (TPSA) is 93.5 Å². The van der Waals surface area contributed by atoms with E-state index in [1.165, 1.54) is 23.9 Å². The van der Waals surface area contributed by atoms with Crippen LogP contribution >= 0.6 is 11.8 Å². The summed E-state index contributed by atoms with van der Waals surface area (Å²) in [6.45, 7) is 1.73. The molecule has 0 aliphatic heterocycles. The van der Waals surface area contributed by atoms with Gasteiger partial charge in [-0.3, -0.25) is 9.59 Å². The van der Waals surface area contributed by atoms with Crippen molar-refractivity contribution >= 4 is 29.4 Å². The van der Waals surface area contributed by atoms with Crippen LogP contribution in [0.2, 0.25) is 0 Å². The molecule has 0 aliphatic rings. The number of aromatic nitrogens is 1. The van der Waals surface area contributed by atoms with Crippen LogP contribution in [0.4, 0.5) is 10.2 Å². The van der Waals surface area contributed by atoms with Gasteiger partial charge in [0.05, 0.1) is 24.7 Å². The van der Waals surface area contributed by atoms with Gasteiger partial charge in [0.25, 0.3) is 0 Å². The molecule has 2 amide bonds. The molecule has 0 bridgehead atoms. The summed E-state index contributed by atoms with van der Waals surface area (Å²) in [4.78, 5) is 24.5. The zero-order valence-electron chi connectivity index (χ0n) is 17.8. The van der Waals surface area contributed by atoms with E-state index in [0.717, 1.165) is 11.1 Å². The normalized spacial score (nSPS) is 11.6. The van der Waals surface area contributed by atoms with Crippen LogP contribution in [0.1, 0.15) is 22.9 Å². The predicted octanol–water partition coefficient (Wildman–Crippen LogP) is 3.90. The molecule has 1 heterocycles. The Hall–Kier alpha value is -3.33. The smallest absolute Gasteiger partial charge is 0.235 e. The molecular weight excluding hydrogens is 433 g/mol. The summed E-state index contributed by atoms with van der Waals surface area (Å²) in [6.07, 6.45) is 0.495. The molecule has 1 unspecified atom stereocenters. The Morgan fingerprint density at radius 3 is 2.41 bits per heavy atom.